The van der Waals surface area contributed by atoms with Crippen LogP contribution in [0.2, 0.25) is 0 Å². The van der Waals surface area contributed by atoms with Gasteiger partial charge in [0.15, 0.2) is 0 Å². The second-order valence-electron chi connectivity index (χ2n) is 3.54. The van der Waals surface area contributed by atoms with E-state index in [1.807, 2.05) is 0 Å². The van der Waals surface area contributed by atoms with E-state index in [0.717, 1.165) is 32.5 Å². The monoisotopic (exact) mass is 159 g/mol. The molecule has 0 aliphatic carbocycles. The Morgan fingerprint density at radius 2 is 2.09 bits per heavy atom. The molecular formula is C8H17NO2. The average molecular weight is 159 g/mol. The molecule has 0 atom stereocenters. The Balaban J connectivity index is 2.25. The molecule has 2 N–H and O–H groups in total. The molecule has 66 valence electrons. The highest BCUT2D eigenvalue weighted by atomic mass is 16.6. The van der Waals surface area contributed by atoms with Crippen molar-refractivity contribution in [2.45, 2.75) is 26.2 Å². The summed E-state index contributed by atoms with van der Waals surface area (Å²) in [6, 6.07) is 0. The summed E-state index contributed by atoms with van der Waals surface area (Å²) in [6.45, 7) is 4.72. The van der Waals surface area contributed by atoms with Crippen molar-refractivity contribution in [1.29, 1.82) is 0 Å². The molecule has 1 fully saturated rings. The molecule has 3 heteroatoms. The zero-order valence-corrected chi connectivity index (χ0v) is 7.14. The highest BCUT2D eigenvalue weighted by Gasteiger charge is 2.26. The van der Waals surface area contributed by atoms with E-state index in [2.05, 4.69) is 11.8 Å². The smallest absolute Gasteiger partial charge is 0.0684 e. The highest BCUT2D eigenvalue weighted by Crippen LogP contribution is 2.32. The maximum Gasteiger partial charge on any atom is 0.0684 e. The van der Waals surface area contributed by atoms with E-state index < -0.39 is 0 Å². The van der Waals surface area contributed by atoms with Gasteiger partial charge >= 0.3 is 0 Å². The zero-order chi connectivity index (χ0) is 8.16. The van der Waals surface area contributed by atoms with Crippen molar-refractivity contribution in [3.63, 3.8) is 0 Å². The third-order valence-electron chi connectivity index (χ3n) is 2.52. The predicted octanol–water partition coefficient (Wildman–Crippen LogP) is 1.08. The van der Waals surface area contributed by atoms with Gasteiger partial charge in [-0.25, -0.2) is 5.90 Å². The molecule has 0 saturated carbocycles. The number of hydrogen-bond acceptors (Lipinski definition) is 3. The molecule has 0 aromatic rings. The SMILES string of the molecule is CC1(CCON)CCOCC1. The van der Waals surface area contributed by atoms with Crippen LogP contribution in [0.3, 0.4) is 0 Å². The van der Waals surface area contributed by atoms with Gasteiger partial charge < -0.3 is 9.57 Å². The molecule has 0 bridgehead atoms. The standard InChI is InChI=1S/C8H17NO2/c1-8(4-7-11-9)2-5-10-6-3-8/h2-7,9H2,1H3. The molecule has 1 rings (SSSR count). The zero-order valence-electron chi connectivity index (χ0n) is 7.14. The summed E-state index contributed by atoms with van der Waals surface area (Å²) in [6.07, 6.45) is 3.32. The summed E-state index contributed by atoms with van der Waals surface area (Å²) >= 11 is 0. The molecule has 11 heavy (non-hydrogen) atoms. The fourth-order valence-electron chi connectivity index (χ4n) is 1.42. The van der Waals surface area contributed by atoms with Crippen LogP contribution in [0.15, 0.2) is 0 Å². The molecule has 0 radical (unpaired) electrons. The highest BCUT2D eigenvalue weighted by molar-refractivity contribution is 4.76. The largest absolute Gasteiger partial charge is 0.381 e. The summed E-state index contributed by atoms with van der Waals surface area (Å²) in [5, 5.41) is 0. The van der Waals surface area contributed by atoms with E-state index >= 15 is 0 Å². The molecule has 0 unspecified atom stereocenters. The van der Waals surface area contributed by atoms with Gasteiger partial charge in [-0.1, -0.05) is 6.92 Å². The first kappa shape index (κ1) is 8.97. The van der Waals surface area contributed by atoms with Crippen LogP contribution in [0, 0.1) is 5.41 Å². The van der Waals surface area contributed by atoms with Gasteiger partial charge in [-0.05, 0) is 24.7 Å². The normalized spacial score (nSPS) is 23.5. The Hall–Kier alpha value is -0.120. The number of nitrogens with two attached hydrogens (primary N) is 1. The van der Waals surface area contributed by atoms with E-state index in [9.17, 15) is 0 Å². The summed E-state index contributed by atoms with van der Waals surface area (Å²) in [5.41, 5.74) is 0.400. The van der Waals surface area contributed by atoms with E-state index in [0.29, 0.717) is 12.0 Å². The van der Waals surface area contributed by atoms with E-state index in [1.54, 1.807) is 0 Å². The molecular weight excluding hydrogens is 142 g/mol. The van der Waals surface area contributed by atoms with Gasteiger partial charge in [0.25, 0.3) is 0 Å². The van der Waals surface area contributed by atoms with Gasteiger partial charge in [0, 0.05) is 13.2 Å². The lowest BCUT2D eigenvalue weighted by molar-refractivity contribution is 0.00254. The number of ether oxygens (including phenoxy) is 1. The first-order valence-electron chi connectivity index (χ1n) is 4.16. The minimum absolute atomic E-state index is 0.400. The van der Waals surface area contributed by atoms with Crippen LogP contribution in [0.4, 0.5) is 0 Å². The third kappa shape index (κ3) is 2.77. The van der Waals surface area contributed by atoms with Gasteiger partial charge in [-0.3, -0.25) is 0 Å². The van der Waals surface area contributed by atoms with Gasteiger partial charge in [-0.2, -0.15) is 0 Å². The lowest BCUT2D eigenvalue weighted by Gasteiger charge is -2.33. The Morgan fingerprint density at radius 3 is 2.64 bits per heavy atom. The lowest BCUT2D eigenvalue weighted by Crippen LogP contribution is -2.28. The van der Waals surface area contributed by atoms with Crippen LogP contribution >= 0.6 is 0 Å². The summed E-state index contributed by atoms with van der Waals surface area (Å²) in [4.78, 5) is 4.57. The van der Waals surface area contributed by atoms with Crippen LogP contribution < -0.4 is 5.90 Å². The van der Waals surface area contributed by atoms with Crippen LogP contribution in [-0.4, -0.2) is 19.8 Å². The van der Waals surface area contributed by atoms with Crippen molar-refractivity contribution < 1.29 is 9.57 Å². The first-order chi connectivity index (χ1) is 5.27. The number of rotatable bonds is 3. The predicted molar refractivity (Wildman–Crippen MR) is 42.9 cm³/mol. The Kier molecular flexibility index (Phi) is 3.30. The molecule has 0 spiro atoms. The number of hydrogen-bond donors (Lipinski definition) is 1. The van der Waals surface area contributed by atoms with Crippen LogP contribution in [0.25, 0.3) is 0 Å². The molecule has 1 aliphatic heterocycles. The Labute approximate surface area is 67.8 Å². The van der Waals surface area contributed by atoms with E-state index in [4.69, 9.17) is 10.6 Å². The van der Waals surface area contributed by atoms with Crippen LogP contribution in [0.5, 0.6) is 0 Å². The minimum Gasteiger partial charge on any atom is -0.381 e. The Morgan fingerprint density at radius 1 is 1.45 bits per heavy atom. The second-order valence-corrected chi connectivity index (χ2v) is 3.54. The van der Waals surface area contributed by atoms with E-state index in [1.165, 1.54) is 0 Å². The average Bonchev–Trinajstić information content (AvgIpc) is 2.03. The molecule has 0 aromatic heterocycles. The maximum absolute atomic E-state index is 5.27. The van der Waals surface area contributed by atoms with Crippen molar-refractivity contribution in [1.82, 2.24) is 0 Å². The summed E-state index contributed by atoms with van der Waals surface area (Å²) in [7, 11) is 0. The lowest BCUT2D eigenvalue weighted by atomic mass is 9.80. The van der Waals surface area contributed by atoms with Crippen molar-refractivity contribution in [3.05, 3.63) is 0 Å². The summed E-state index contributed by atoms with van der Waals surface area (Å²) in [5.74, 6) is 4.97. The fourth-order valence-corrected chi connectivity index (χ4v) is 1.42. The van der Waals surface area contributed by atoms with Gasteiger partial charge in [0.1, 0.15) is 0 Å². The maximum atomic E-state index is 5.27. The Bertz CT molecular complexity index is 111. The summed E-state index contributed by atoms with van der Waals surface area (Å²) < 4.78 is 5.27. The molecule has 3 nitrogen and oxygen atoms in total. The first-order valence-corrected chi connectivity index (χ1v) is 4.16. The van der Waals surface area contributed by atoms with Crippen molar-refractivity contribution >= 4 is 0 Å². The van der Waals surface area contributed by atoms with E-state index in [-0.39, 0.29) is 0 Å². The van der Waals surface area contributed by atoms with Crippen molar-refractivity contribution in [2.75, 3.05) is 19.8 Å². The second kappa shape index (κ2) is 4.04. The topological polar surface area (TPSA) is 44.5 Å². The van der Waals surface area contributed by atoms with Crippen LogP contribution in [-0.2, 0) is 9.57 Å². The van der Waals surface area contributed by atoms with Crippen molar-refractivity contribution in [3.8, 4) is 0 Å². The molecule has 1 heterocycles. The molecule has 1 saturated heterocycles. The molecule has 0 amide bonds. The van der Waals surface area contributed by atoms with Crippen LogP contribution in [0.1, 0.15) is 26.2 Å². The van der Waals surface area contributed by atoms with Gasteiger partial charge in [0.2, 0.25) is 0 Å². The minimum atomic E-state index is 0.400. The molecule has 0 aromatic carbocycles. The van der Waals surface area contributed by atoms with Crippen molar-refractivity contribution in [2.24, 2.45) is 11.3 Å². The van der Waals surface area contributed by atoms with Gasteiger partial charge in [-0.15, -0.1) is 0 Å². The molecule has 1 aliphatic rings. The van der Waals surface area contributed by atoms with Gasteiger partial charge in [0.05, 0.1) is 6.61 Å². The quantitative estimate of drug-likeness (QED) is 0.627. The third-order valence-corrected chi connectivity index (χ3v) is 2.52. The fraction of sp³-hybridized carbons (Fsp3) is 1.00.